The van der Waals surface area contributed by atoms with Crippen molar-refractivity contribution in [3.63, 3.8) is 0 Å². The second-order valence-electron chi connectivity index (χ2n) is 3.22. The van der Waals surface area contributed by atoms with Gasteiger partial charge in [-0.2, -0.15) is 0 Å². The van der Waals surface area contributed by atoms with Crippen molar-refractivity contribution in [3.8, 4) is 11.4 Å². The van der Waals surface area contributed by atoms with Gasteiger partial charge in [-0.25, -0.2) is 9.97 Å². The maximum absolute atomic E-state index is 4.45. The van der Waals surface area contributed by atoms with Gasteiger partial charge >= 0.3 is 0 Å². The molecule has 0 fully saturated rings. The van der Waals surface area contributed by atoms with Crippen LogP contribution in [0.5, 0.6) is 0 Å². The molecule has 0 aliphatic carbocycles. The maximum Gasteiger partial charge on any atom is 0.142 e. The van der Waals surface area contributed by atoms with Crippen LogP contribution in [0, 0.1) is 0 Å². The van der Waals surface area contributed by atoms with Gasteiger partial charge in [-0.3, -0.25) is 0 Å². The third-order valence-corrected chi connectivity index (χ3v) is 2.11. The summed E-state index contributed by atoms with van der Waals surface area (Å²) in [4.78, 5) is 11.8. The minimum Gasteiger partial charge on any atom is -0.360 e. The van der Waals surface area contributed by atoms with Crippen molar-refractivity contribution in [2.45, 2.75) is 13.5 Å². The lowest BCUT2D eigenvalue weighted by Crippen LogP contribution is -2.14. The summed E-state index contributed by atoms with van der Waals surface area (Å²) in [5, 5.41) is 3.20. The molecule has 0 aliphatic heterocycles. The van der Waals surface area contributed by atoms with E-state index in [9.17, 15) is 0 Å². The van der Waals surface area contributed by atoms with Crippen LogP contribution >= 0.6 is 0 Å². The van der Waals surface area contributed by atoms with Gasteiger partial charge in [0.05, 0.1) is 17.9 Å². The molecule has 0 atom stereocenters. The van der Waals surface area contributed by atoms with Gasteiger partial charge < -0.3 is 10.3 Å². The zero-order valence-electron chi connectivity index (χ0n) is 8.70. The van der Waals surface area contributed by atoms with Gasteiger partial charge in [-0.1, -0.05) is 6.92 Å². The van der Waals surface area contributed by atoms with Gasteiger partial charge in [0.1, 0.15) is 5.82 Å². The molecule has 2 heterocycles. The molecule has 2 rings (SSSR count). The van der Waals surface area contributed by atoms with E-state index in [-0.39, 0.29) is 0 Å². The number of aromatic amines is 1. The van der Waals surface area contributed by atoms with Crippen molar-refractivity contribution in [2.24, 2.45) is 0 Å². The number of rotatable bonds is 4. The van der Waals surface area contributed by atoms with E-state index in [1.165, 1.54) is 0 Å². The zero-order valence-corrected chi connectivity index (χ0v) is 8.70. The summed E-state index contributed by atoms with van der Waals surface area (Å²) in [7, 11) is 0. The van der Waals surface area contributed by atoms with Crippen molar-refractivity contribution in [2.75, 3.05) is 6.54 Å². The van der Waals surface area contributed by atoms with Crippen LogP contribution in [0.15, 0.2) is 30.6 Å². The van der Waals surface area contributed by atoms with Crippen LogP contribution in [-0.2, 0) is 6.54 Å². The van der Waals surface area contributed by atoms with Crippen LogP contribution in [0.25, 0.3) is 11.4 Å². The Morgan fingerprint density at radius 1 is 1.40 bits per heavy atom. The number of hydrogen-bond acceptors (Lipinski definition) is 3. The Hall–Kier alpha value is -1.68. The highest BCUT2D eigenvalue weighted by atomic mass is 15.0. The Morgan fingerprint density at radius 3 is 3.07 bits per heavy atom. The highest BCUT2D eigenvalue weighted by Gasteiger charge is 2.01. The standard InChI is InChI=1S/C11H14N4/c1-2-12-8-11-14-7-5-10(15-11)9-4-3-6-13-9/h3-7,12-13H,2,8H2,1H3. The van der Waals surface area contributed by atoms with Crippen LogP contribution in [-0.4, -0.2) is 21.5 Å². The van der Waals surface area contributed by atoms with Crippen molar-refractivity contribution in [1.82, 2.24) is 20.3 Å². The summed E-state index contributed by atoms with van der Waals surface area (Å²) in [6, 6.07) is 5.86. The van der Waals surface area contributed by atoms with Crippen LogP contribution in [0.2, 0.25) is 0 Å². The molecule has 0 saturated heterocycles. The first-order chi connectivity index (χ1) is 7.40. The summed E-state index contributed by atoms with van der Waals surface area (Å²) in [5.74, 6) is 0.823. The van der Waals surface area contributed by atoms with Gasteiger partial charge in [-0.15, -0.1) is 0 Å². The number of nitrogens with zero attached hydrogens (tertiary/aromatic N) is 2. The van der Waals surface area contributed by atoms with Gasteiger partial charge in [0, 0.05) is 12.4 Å². The van der Waals surface area contributed by atoms with Gasteiger partial charge in [0.15, 0.2) is 0 Å². The van der Waals surface area contributed by atoms with Crippen LogP contribution < -0.4 is 5.32 Å². The fourth-order valence-corrected chi connectivity index (χ4v) is 1.36. The van der Waals surface area contributed by atoms with E-state index in [1.807, 2.05) is 24.4 Å². The lowest BCUT2D eigenvalue weighted by Gasteiger charge is -2.02. The largest absolute Gasteiger partial charge is 0.360 e. The minimum absolute atomic E-state index is 0.713. The Kier molecular flexibility index (Phi) is 3.09. The summed E-state index contributed by atoms with van der Waals surface area (Å²) in [6.07, 6.45) is 3.68. The Morgan fingerprint density at radius 2 is 2.33 bits per heavy atom. The third-order valence-electron chi connectivity index (χ3n) is 2.11. The molecular weight excluding hydrogens is 188 g/mol. The van der Waals surface area contributed by atoms with Crippen LogP contribution in [0.4, 0.5) is 0 Å². The molecule has 4 nitrogen and oxygen atoms in total. The first kappa shape index (κ1) is 9.86. The quantitative estimate of drug-likeness (QED) is 0.791. The van der Waals surface area contributed by atoms with Crippen molar-refractivity contribution < 1.29 is 0 Å². The molecule has 0 spiro atoms. The third kappa shape index (κ3) is 2.41. The molecule has 0 bridgehead atoms. The lowest BCUT2D eigenvalue weighted by molar-refractivity contribution is 0.691. The van der Waals surface area contributed by atoms with Crippen molar-refractivity contribution in [3.05, 3.63) is 36.4 Å². The van der Waals surface area contributed by atoms with E-state index < -0.39 is 0 Å². The molecule has 78 valence electrons. The summed E-state index contributed by atoms with van der Waals surface area (Å²) in [5.41, 5.74) is 1.96. The SMILES string of the molecule is CCNCc1nccc(-c2ccc[nH]2)n1. The second-order valence-corrected chi connectivity index (χ2v) is 3.22. The number of aromatic nitrogens is 3. The summed E-state index contributed by atoms with van der Waals surface area (Å²) >= 11 is 0. The van der Waals surface area contributed by atoms with Crippen LogP contribution in [0.3, 0.4) is 0 Å². The van der Waals surface area contributed by atoms with E-state index >= 15 is 0 Å². The molecule has 2 aromatic rings. The fourth-order valence-electron chi connectivity index (χ4n) is 1.36. The average molecular weight is 202 g/mol. The van der Waals surface area contributed by atoms with Crippen molar-refractivity contribution in [1.29, 1.82) is 0 Å². The second kappa shape index (κ2) is 4.70. The van der Waals surface area contributed by atoms with E-state index in [4.69, 9.17) is 0 Å². The lowest BCUT2D eigenvalue weighted by atomic mass is 10.3. The average Bonchev–Trinajstić information content (AvgIpc) is 2.80. The number of nitrogens with one attached hydrogen (secondary N) is 2. The van der Waals surface area contributed by atoms with E-state index in [1.54, 1.807) is 6.20 Å². The molecule has 0 unspecified atom stereocenters. The van der Waals surface area contributed by atoms with E-state index in [0.717, 1.165) is 23.8 Å². The van der Waals surface area contributed by atoms with Crippen molar-refractivity contribution >= 4 is 0 Å². The smallest absolute Gasteiger partial charge is 0.142 e. The monoisotopic (exact) mass is 202 g/mol. The number of H-pyrrole nitrogens is 1. The predicted molar refractivity (Wildman–Crippen MR) is 59.2 cm³/mol. The van der Waals surface area contributed by atoms with Gasteiger partial charge in [0.2, 0.25) is 0 Å². The van der Waals surface area contributed by atoms with E-state index in [0.29, 0.717) is 6.54 Å². The molecule has 0 aromatic carbocycles. The maximum atomic E-state index is 4.45. The number of hydrogen-bond donors (Lipinski definition) is 2. The minimum atomic E-state index is 0.713. The first-order valence-corrected chi connectivity index (χ1v) is 5.06. The molecule has 0 amide bonds. The molecule has 0 radical (unpaired) electrons. The Labute approximate surface area is 88.8 Å². The summed E-state index contributed by atoms with van der Waals surface area (Å²) < 4.78 is 0. The van der Waals surface area contributed by atoms with E-state index in [2.05, 4.69) is 27.2 Å². The molecule has 2 N–H and O–H groups in total. The molecule has 4 heteroatoms. The molecule has 2 aromatic heterocycles. The van der Waals surface area contributed by atoms with Gasteiger partial charge in [-0.05, 0) is 24.7 Å². The van der Waals surface area contributed by atoms with Crippen LogP contribution in [0.1, 0.15) is 12.7 Å². The highest BCUT2D eigenvalue weighted by molar-refractivity contribution is 5.53. The molecule has 15 heavy (non-hydrogen) atoms. The topological polar surface area (TPSA) is 53.6 Å². The fraction of sp³-hybridized carbons (Fsp3) is 0.273. The normalized spacial score (nSPS) is 10.5. The molecular formula is C11H14N4. The highest BCUT2D eigenvalue weighted by Crippen LogP contribution is 2.12. The Balaban J connectivity index is 2.19. The zero-order chi connectivity index (χ0) is 10.5. The Bertz CT molecular complexity index is 408. The molecule has 0 aliphatic rings. The molecule has 0 saturated carbocycles. The summed E-state index contributed by atoms with van der Waals surface area (Å²) in [6.45, 7) is 3.70. The van der Waals surface area contributed by atoms with Gasteiger partial charge in [0.25, 0.3) is 0 Å². The first-order valence-electron chi connectivity index (χ1n) is 5.06. The predicted octanol–water partition coefficient (Wildman–Crippen LogP) is 1.58.